The number of ether oxygens (including phenoxy) is 1. The van der Waals surface area contributed by atoms with Gasteiger partial charge in [0.2, 0.25) is 0 Å². The lowest BCUT2D eigenvalue weighted by Gasteiger charge is -2.26. The fourth-order valence-electron chi connectivity index (χ4n) is 3.36. The molecule has 2 aromatic heterocycles. The van der Waals surface area contributed by atoms with Crippen molar-refractivity contribution in [2.24, 2.45) is 7.05 Å². The highest BCUT2D eigenvalue weighted by Gasteiger charge is 2.22. The Kier molecular flexibility index (Phi) is 4.34. The van der Waals surface area contributed by atoms with Crippen LogP contribution >= 0.6 is 0 Å². The minimum atomic E-state index is -0.0435. The van der Waals surface area contributed by atoms with Crippen molar-refractivity contribution in [2.45, 2.75) is 26.6 Å². The van der Waals surface area contributed by atoms with Gasteiger partial charge in [-0.2, -0.15) is 10.2 Å². The summed E-state index contributed by atoms with van der Waals surface area (Å²) in [5.41, 5.74) is 3.17. The second kappa shape index (κ2) is 6.80. The van der Waals surface area contributed by atoms with Crippen molar-refractivity contribution in [3.05, 3.63) is 52.3 Å². The Morgan fingerprint density at radius 3 is 2.81 bits per heavy atom. The number of nitrogens with zero attached hydrogens (tertiary/aromatic N) is 5. The first kappa shape index (κ1) is 16.6. The van der Waals surface area contributed by atoms with Crippen molar-refractivity contribution in [2.75, 3.05) is 13.2 Å². The minimum Gasteiger partial charge on any atom is -0.494 e. The average molecular weight is 354 g/mol. The molecule has 8 nitrogen and oxygen atoms in total. The molecule has 1 aliphatic heterocycles. The molecule has 0 unspecified atom stereocenters. The van der Waals surface area contributed by atoms with Gasteiger partial charge in [-0.3, -0.25) is 14.6 Å². The van der Waals surface area contributed by atoms with E-state index in [4.69, 9.17) is 4.74 Å². The maximum Gasteiger partial charge on any atom is 0.345 e. The number of rotatable bonds is 5. The van der Waals surface area contributed by atoms with E-state index in [9.17, 15) is 4.79 Å². The summed E-state index contributed by atoms with van der Waals surface area (Å²) in [5.74, 6) is 1.68. The Labute approximate surface area is 151 Å². The van der Waals surface area contributed by atoms with Crippen LogP contribution < -0.4 is 10.4 Å². The van der Waals surface area contributed by atoms with Crippen LogP contribution in [0.4, 0.5) is 0 Å². The molecule has 8 heteroatoms. The minimum absolute atomic E-state index is 0.0435. The van der Waals surface area contributed by atoms with Crippen LogP contribution in [0.1, 0.15) is 18.3 Å². The van der Waals surface area contributed by atoms with E-state index in [-0.39, 0.29) is 5.69 Å². The predicted molar refractivity (Wildman–Crippen MR) is 96.8 cm³/mol. The van der Waals surface area contributed by atoms with Gasteiger partial charge < -0.3 is 4.74 Å². The molecule has 136 valence electrons. The molecule has 26 heavy (non-hydrogen) atoms. The summed E-state index contributed by atoms with van der Waals surface area (Å²) >= 11 is 0. The molecule has 0 radical (unpaired) electrons. The van der Waals surface area contributed by atoms with Crippen LogP contribution in [0.15, 0.2) is 35.3 Å². The van der Waals surface area contributed by atoms with E-state index in [1.165, 1.54) is 4.68 Å². The molecule has 0 amide bonds. The van der Waals surface area contributed by atoms with E-state index in [0.717, 1.165) is 41.5 Å². The summed E-state index contributed by atoms with van der Waals surface area (Å²) in [6, 6.07) is 8.01. The summed E-state index contributed by atoms with van der Waals surface area (Å²) in [5, 5.41) is 11.7. The number of hydrogen-bond acceptors (Lipinski definition) is 5. The predicted octanol–water partition coefficient (Wildman–Crippen LogP) is 1.39. The molecular weight excluding hydrogens is 332 g/mol. The summed E-state index contributed by atoms with van der Waals surface area (Å²) in [6.07, 6.45) is 1.87. The molecule has 1 aliphatic rings. The summed E-state index contributed by atoms with van der Waals surface area (Å²) < 4.78 is 8.66. The van der Waals surface area contributed by atoms with Gasteiger partial charge in [0, 0.05) is 37.8 Å². The van der Waals surface area contributed by atoms with Gasteiger partial charge in [0.25, 0.3) is 0 Å². The molecule has 3 heterocycles. The summed E-state index contributed by atoms with van der Waals surface area (Å²) in [4.78, 5) is 14.3. The number of H-pyrrole nitrogens is 1. The fourth-order valence-corrected chi connectivity index (χ4v) is 3.36. The van der Waals surface area contributed by atoms with E-state index >= 15 is 0 Å². The lowest BCUT2D eigenvalue weighted by atomic mass is 10.1. The Bertz CT molecular complexity index is 953. The molecule has 1 N–H and O–H groups in total. The zero-order valence-corrected chi connectivity index (χ0v) is 15.0. The van der Waals surface area contributed by atoms with Crippen LogP contribution in [0.3, 0.4) is 0 Å². The van der Waals surface area contributed by atoms with E-state index in [1.54, 1.807) is 11.6 Å². The van der Waals surface area contributed by atoms with Crippen molar-refractivity contribution in [1.29, 1.82) is 0 Å². The van der Waals surface area contributed by atoms with Crippen LogP contribution in [0.5, 0.6) is 5.75 Å². The molecule has 0 saturated carbocycles. The second-order valence-electron chi connectivity index (χ2n) is 6.41. The van der Waals surface area contributed by atoms with Gasteiger partial charge in [-0.25, -0.2) is 9.48 Å². The number of aryl methyl sites for hydroxylation is 1. The van der Waals surface area contributed by atoms with Gasteiger partial charge in [0.05, 0.1) is 25.0 Å². The van der Waals surface area contributed by atoms with Gasteiger partial charge in [0.15, 0.2) is 0 Å². The van der Waals surface area contributed by atoms with Gasteiger partial charge in [-0.05, 0) is 31.2 Å². The fraction of sp³-hybridized carbons (Fsp3) is 0.389. The molecule has 3 aromatic rings. The van der Waals surface area contributed by atoms with E-state index in [2.05, 4.69) is 20.2 Å². The van der Waals surface area contributed by atoms with Crippen molar-refractivity contribution in [1.82, 2.24) is 29.4 Å². The quantitative estimate of drug-likeness (QED) is 0.749. The largest absolute Gasteiger partial charge is 0.494 e. The van der Waals surface area contributed by atoms with E-state index < -0.39 is 0 Å². The highest BCUT2D eigenvalue weighted by Crippen LogP contribution is 2.25. The maximum atomic E-state index is 12.0. The zero-order chi connectivity index (χ0) is 18.1. The molecule has 4 rings (SSSR count). The average Bonchev–Trinajstić information content (AvgIpc) is 3.21. The second-order valence-corrected chi connectivity index (χ2v) is 6.41. The zero-order valence-electron chi connectivity index (χ0n) is 15.0. The number of aromatic amines is 1. The topological polar surface area (TPSA) is 81.0 Å². The number of hydrogen-bond donors (Lipinski definition) is 1. The molecule has 0 atom stereocenters. The Morgan fingerprint density at radius 2 is 2.04 bits per heavy atom. The van der Waals surface area contributed by atoms with Crippen molar-refractivity contribution in [3.8, 4) is 17.0 Å². The molecule has 1 aromatic carbocycles. The summed E-state index contributed by atoms with van der Waals surface area (Å²) in [6.45, 7) is 5.52. The normalized spacial score (nSPS) is 14.4. The SMILES string of the molecule is CCOc1ccc(-c2[nH]ncc2CN2CCn3c(nn(C)c3=O)C2)cc1. The molecular formula is C18H22N6O2. The van der Waals surface area contributed by atoms with Crippen LogP contribution in [0.25, 0.3) is 11.3 Å². The standard InChI is InChI=1S/C18H22N6O2/c1-3-26-15-6-4-13(5-7-15)17-14(10-19-20-17)11-23-8-9-24-16(12-23)21-22(2)18(24)25/h4-7,10H,3,8-9,11-12H2,1-2H3,(H,19,20). The monoisotopic (exact) mass is 354 g/mol. The first-order chi connectivity index (χ1) is 12.7. The van der Waals surface area contributed by atoms with Gasteiger partial charge in [-0.1, -0.05) is 0 Å². The van der Waals surface area contributed by atoms with Crippen LogP contribution in [0, 0.1) is 0 Å². The lowest BCUT2D eigenvalue weighted by molar-refractivity contribution is 0.207. The van der Waals surface area contributed by atoms with Gasteiger partial charge in [0.1, 0.15) is 11.6 Å². The Morgan fingerprint density at radius 1 is 1.23 bits per heavy atom. The molecule has 0 saturated heterocycles. The van der Waals surface area contributed by atoms with Crippen molar-refractivity contribution < 1.29 is 4.74 Å². The number of aromatic nitrogens is 5. The summed E-state index contributed by atoms with van der Waals surface area (Å²) in [7, 11) is 1.69. The Balaban J connectivity index is 1.52. The molecule has 0 bridgehead atoms. The van der Waals surface area contributed by atoms with Crippen LogP contribution in [-0.4, -0.2) is 42.6 Å². The molecule has 0 aliphatic carbocycles. The van der Waals surface area contributed by atoms with Crippen molar-refractivity contribution >= 4 is 0 Å². The van der Waals surface area contributed by atoms with E-state index in [1.807, 2.05) is 37.4 Å². The third kappa shape index (κ3) is 3.03. The number of fused-ring (bicyclic) bond motifs is 1. The highest BCUT2D eigenvalue weighted by molar-refractivity contribution is 5.63. The first-order valence-corrected chi connectivity index (χ1v) is 8.76. The van der Waals surface area contributed by atoms with Gasteiger partial charge >= 0.3 is 5.69 Å². The molecule has 0 spiro atoms. The highest BCUT2D eigenvalue weighted by atomic mass is 16.5. The Hall–Kier alpha value is -2.87. The van der Waals surface area contributed by atoms with E-state index in [0.29, 0.717) is 19.7 Å². The van der Waals surface area contributed by atoms with Gasteiger partial charge in [-0.15, -0.1) is 0 Å². The van der Waals surface area contributed by atoms with Crippen molar-refractivity contribution in [3.63, 3.8) is 0 Å². The maximum absolute atomic E-state index is 12.0. The van der Waals surface area contributed by atoms with Crippen LogP contribution in [0.2, 0.25) is 0 Å². The third-order valence-corrected chi connectivity index (χ3v) is 4.66. The smallest absolute Gasteiger partial charge is 0.345 e. The van der Waals surface area contributed by atoms with Crippen LogP contribution in [-0.2, 0) is 26.7 Å². The first-order valence-electron chi connectivity index (χ1n) is 8.76. The number of nitrogens with one attached hydrogen (secondary N) is 1. The lowest BCUT2D eigenvalue weighted by Crippen LogP contribution is -2.37. The third-order valence-electron chi connectivity index (χ3n) is 4.66. The molecule has 0 fully saturated rings. The number of benzene rings is 1.